The summed E-state index contributed by atoms with van der Waals surface area (Å²) in [6.07, 6.45) is 3.64. The van der Waals surface area contributed by atoms with E-state index in [1.165, 1.54) is 10.8 Å². The molecule has 0 amide bonds. The molecule has 0 saturated heterocycles. The number of hydrogen-bond acceptors (Lipinski definition) is 3. The van der Waals surface area contributed by atoms with Crippen molar-refractivity contribution >= 4 is 43.6 Å². The third-order valence-electron chi connectivity index (χ3n) is 5.48. The molecule has 0 atom stereocenters. The van der Waals surface area contributed by atoms with Gasteiger partial charge in [-0.25, -0.2) is 4.98 Å². The van der Waals surface area contributed by atoms with Crippen molar-refractivity contribution in [3.8, 4) is 11.4 Å². The number of pyridine rings is 2. The van der Waals surface area contributed by atoms with Gasteiger partial charge in [0.05, 0.1) is 22.1 Å². The third kappa shape index (κ3) is 1.97. The quantitative estimate of drug-likeness (QED) is 0.364. The minimum atomic E-state index is 0.896. The Bertz CT molecular complexity index is 1520. The normalized spacial score (nSPS) is 11.8. The molecule has 0 aliphatic heterocycles. The lowest BCUT2D eigenvalue weighted by molar-refractivity contribution is 0.964. The van der Waals surface area contributed by atoms with Gasteiger partial charge in [0, 0.05) is 35.8 Å². The molecule has 6 rings (SSSR count). The van der Waals surface area contributed by atoms with Gasteiger partial charge in [-0.1, -0.05) is 42.5 Å². The molecule has 4 heteroatoms. The zero-order valence-corrected chi connectivity index (χ0v) is 15.3. The Morgan fingerprint density at radius 2 is 1.32 bits per heavy atom. The molecule has 0 bridgehead atoms. The second kappa shape index (κ2) is 5.60. The van der Waals surface area contributed by atoms with Crippen LogP contribution >= 0.6 is 0 Å². The van der Waals surface area contributed by atoms with E-state index in [1.54, 1.807) is 0 Å². The highest BCUT2D eigenvalue weighted by atomic mass is 15.1. The van der Waals surface area contributed by atoms with Crippen LogP contribution in [0.4, 0.5) is 0 Å². The van der Waals surface area contributed by atoms with E-state index in [1.807, 2.05) is 24.5 Å². The van der Waals surface area contributed by atoms with Gasteiger partial charge in [-0.15, -0.1) is 0 Å². The maximum Gasteiger partial charge on any atom is 0.141 e. The van der Waals surface area contributed by atoms with Crippen molar-refractivity contribution in [2.24, 2.45) is 7.05 Å². The van der Waals surface area contributed by atoms with Crippen LogP contribution in [-0.4, -0.2) is 19.5 Å². The topological polar surface area (TPSA) is 43.6 Å². The molecule has 0 spiro atoms. The first-order valence-corrected chi connectivity index (χ1v) is 9.29. The molecule has 132 valence electrons. The van der Waals surface area contributed by atoms with Gasteiger partial charge in [-0.05, 0) is 35.0 Å². The van der Waals surface area contributed by atoms with Crippen LogP contribution in [0.15, 0.2) is 79.1 Å². The SMILES string of the molecule is Cn1c(-c2cccc3ccccc23)nc2c3cccnc3c3ncccc3c21. The molecule has 0 unspecified atom stereocenters. The Labute approximate surface area is 161 Å². The van der Waals surface area contributed by atoms with E-state index in [4.69, 9.17) is 4.98 Å². The van der Waals surface area contributed by atoms with Crippen molar-refractivity contribution in [1.29, 1.82) is 0 Å². The van der Waals surface area contributed by atoms with Crippen LogP contribution in [0.3, 0.4) is 0 Å². The van der Waals surface area contributed by atoms with E-state index in [9.17, 15) is 0 Å². The Morgan fingerprint density at radius 1 is 0.643 bits per heavy atom. The molecule has 4 nitrogen and oxygen atoms in total. The Hall–Kier alpha value is -3.79. The molecule has 3 aromatic carbocycles. The van der Waals surface area contributed by atoms with Gasteiger partial charge in [-0.2, -0.15) is 0 Å². The van der Waals surface area contributed by atoms with Crippen LogP contribution in [0, 0.1) is 0 Å². The summed E-state index contributed by atoms with van der Waals surface area (Å²) in [5.41, 5.74) is 5.00. The fourth-order valence-corrected chi connectivity index (χ4v) is 4.23. The summed E-state index contributed by atoms with van der Waals surface area (Å²) in [7, 11) is 2.08. The average Bonchev–Trinajstić information content (AvgIpc) is 3.11. The largest absolute Gasteiger partial charge is 0.327 e. The maximum atomic E-state index is 5.11. The van der Waals surface area contributed by atoms with Gasteiger partial charge in [0.1, 0.15) is 5.82 Å². The van der Waals surface area contributed by atoms with E-state index in [0.29, 0.717) is 0 Å². The molecular formula is C24H16N4. The van der Waals surface area contributed by atoms with Gasteiger partial charge in [0.15, 0.2) is 0 Å². The summed E-state index contributed by atoms with van der Waals surface area (Å²) in [4.78, 5) is 14.3. The average molecular weight is 360 g/mol. The molecule has 0 aliphatic carbocycles. The van der Waals surface area contributed by atoms with Gasteiger partial charge in [-0.3, -0.25) is 9.97 Å². The third-order valence-corrected chi connectivity index (χ3v) is 5.48. The van der Waals surface area contributed by atoms with E-state index >= 15 is 0 Å². The molecule has 3 aromatic heterocycles. The predicted octanol–water partition coefficient (Wildman–Crippen LogP) is 5.49. The lowest BCUT2D eigenvalue weighted by atomic mass is 10.0. The highest BCUT2D eigenvalue weighted by molar-refractivity contribution is 6.21. The second-order valence-electron chi connectivity index (χ2n) is 7.02. The smallest absolute Gasteiger partial charge is 0.141 e. The van der Waals surface area contributed by atoms with Crippen molar-refractivity contribution in [1.82, 2.24) is 19.5 Å². The number of aryl methyl sites for hydroxylation is 1. The van der Waals surface area contributed by atoms with E-state index in [2.05, 4.69) is 76.2 Å². The zero-order valence-electron chi connectivity index (χ0n) is 15.3. The number of aromatic nitrogens is 4. The standard InChI is InChI=1S/C24H16N4/c1-28-23-19-12-6-14-26-21(19)20-18(11-5-13-25-20)22(23)27-24(28)17-10-4-8-15-7-2-3-9-16(15)17/h2-14H,1H3. The molecule has 0 saturated carbocycles. The lowest BCUT2D eigenvalue weighted by Gasteiger charge is -2.08. The minimum Gasteiger partial charge on any atom is -0.327 e. The van der Waals surface area contributed by atoms with Crippen molar-refractivity contribution in [2.75, 3.05) is 0 Å². The number of benzene rings is 3. The zero-order chi connectivity index (χ0) is 18.7. The summed E-state index contributed by atoms with van der Waals surface area (Å²) in [6, 6.07) is 22.9. The molecule has 0 aliphatic rings. The van der Waals surface area contributed by atoms with E-state index < -0.39 is 0 Å². The summed E-state index contributed by atoms with van der Waals surface area (Å²) in [5.74, 6) is 0.952. The van der Waals surface area contributed by atoms with Crippen LogP contribution < -0.4 is 0 Å². The van der Waals surface area contributed by atoms with Crippen LogP contribution in [0.1, 0.15) is 0 Å². The van der Waals surface area contributed by atoms with Crippen LogP contribution in [-0.2, 0) is 7.05 Å². The van der Waals surface area contributed by atoms with E-state index in [-0.39, 0.29) is 0 Å². The van der Waals surface area contributed by atoms with Gasteiger partial charge in [0.2, 0.25) is 0 Å². The number of rotatable bonds is 1. The number of nitrogens with zero attached hydrogens (tertiary/aromatic N) is 4. The molecular weight excluding hydrogens is 344 g/mol. The number of fused-ring (bicyclic) bond motifs is 7. The molecule has 28 heavy (non-hydrogen) atoms. The Kier molecular flexibility index (Phi) is 3.06. The number of imidazole rings is 1. The van der Waals surface area contributed by atoms with Gasteiger partial charge in [0.25, 0.3) is 0 Å². The first kappa shape index (κ1) is 15.3. The minimum absolute atomic E-state index is 0.896. The predicted molar refractivity (Wildman–Crippen MR) is 114 cm³/mol. The molecule has 0 fully saturated rings. The molecule has 3 heterocycles. The lowest BCUT2D eigenvalue weighted by Crippen LogP contribution is -1.94. The maximum absolute atomic E-state index is 5.11. The summed E-state index contributed by atoms with van der Waals surface area (Å²) in [6.45, 7) is 0. The summed E-state index contributed by atoms with van der Waals surface area (Å²) >= 11 is 0. The highest BCUT2D eigenvalue weighted by Crippen LogP contribution is 2.36. The van der Waals surface area contributed by atoms with Gasteiger partial charge < -0.3 is 4.57 Å². The summed E-state index contributed by atoms with van der Waals surface area (Å²) in [5, 5.41) is 4.52. The van der Waals surface area contributed by atoms with Crippen molar-refractivity contribution in [3.63, 3.8) is 0 Å². The molecule has 6 aromatic rings. The van der Waals surface area contributed by atoms with Crippen molar-refractivity contribution in [3.05, 3.63) is 79.1 Å². The van der Waals surface area contributed by atoms with Crippen LogP contribution in [0.5, 0.6) is 0 Å². The molecule has 0 N–H and O–H groups in total. The highest BCUT2D eigenvalue weighted by Gasteiger charge is 2.18. The van der Waals surface area contributed by atoms with Crippen molar-refractivity contribution < 1.29 is 0 Å². The summed E-state index contributed by atoms with van der Waals surface area (Å²) < 4.78 is 2.19. The fraction of sp³-hybridized carbons (Fsp3) is 0.0417. The first-order chi connectivity index (χ1) is 13.8. The number of hydrogen-bond donors (Lipinski definition) is 0. The van der Waals surface area contributed by atoms with Crippen LogP contribution in [0.2, 0.25) is 0 Å². The van der Waals surface area contributed by atoms with Crippen LogP contribution in [0.25, 0.3) is 55.0 Å². The Balaban J connectivity index is 1.83. The Morgan fingerprint density at radius 3 is 2.18 bits per heavy atom. The monoisotopic (exact) mass is 360 g/mol. The molecule has 0 radical (unpaired) electrons. The van der Waals surface area contributed by atoms with Crippen molar-refractivity contribution in [2.45, 2.75) is 0 Å². The van der Waals surface area contributed by atoms with Gasteiger partial charge >= 0.3 is 0 Å². The first-order valence-electron chi connectivity index (χ1n) is 9.29. The second-order valence-corrected chi connectivity index (χ2v) is 7.02. The van der Waals surface area contributed by atoms with E-state index in [0.717, 1.165) is 44.2 Å². The fourth-order valence-electron chi connectivity index (χ4n) is 4.23.